The van der Waals surface area contributed by atoms with Gasteiger partial charge in [0, 0.05) is 0 Å². The van der Waals surface area contributed by atoms with Crippen LogP contribution in [0.25, 0.3) is 11.6 Å². The first-order valence-electron chi connectivity index (χ1n) is 5.25. The van der Waals surface area contributed by atoms with E-state index in [0.717, 1.165) is 16.7 Å². The molecule has 2 rings (SSSR count). The van der Waals surface area contributed by atoms with Gasteiger partial charge in [0.05, 0.1) is 0 Å². The van der Waals surface area contributed by atoms with Crippen LogP contribution in [0.15, 0.2) is 54.6 Å². The van der Waals surface area contributed by atoms with Crippen molar-refractivity contribution in [2.24, 2.45) is 0 Å². The molecule has 80 valence electrons. The van der Waals surface area contributed by atoms with E-state index in [0.29, 0.717) is 0 Å². The molecule has 2 aromatic rings. The molecule has 0 nitrogen and oxygen atoms in total. The van der Waals surface area contributed by atoms with Crippen molar-refractivity contribution in [3.63, 3.8) is 0 Å². The molecule has 0 radical (unpaired) electrons. The minimum Gasteiger partial charge on any atom is -0.207 e. The summed E-state index contributed by atoms with van der Waals surface area (Å²) in [6.07, 6.45) is 2.09. The minimum absolute atomic E-state index is 0.198. The zero-order valence-corrected chi connectivity index (χ0v) is 9.15. The van der Waals surface area contributed by atoms with Crippen LogP contribution in [0.3, 0.4) is 0 Å². The lowest BCUT2D eigenvalue weighted by Gasteiger charge is -2.01. The molecule has 0 saturated carbocycles. The molecule has 0 amide bonds. The van der Waals surface area contributed by atoms with Crippen molar-refractivity contribution in [3.05, 3.63) is 71.5 Å². The molecule has 0 aromatic heterocycles. The summed E-state index contributed by atoms with van der Waals surface area (Å²) in [5.41, 5.74) is 3.33. The van der Waals surface area contributed by atoms with Gasteiger partial charge in [-0.3, -0.25) is 0 Å². The van der Waals surface area contributed by atoms with Crippen molar-refractivity contribution < 1.29 is 4.39 Å². The molecule has 2 aromatic carbocycles. The van der Waals surface area contributed by atoms with E-state index in [1.165, 1.54) is 12.1 Å². The second kappa shape index (κ2) is 4.75. The van der Waals surface area contributed by atoms with Crippen LogP contribution in [0.1, 0.15) is 18.1 Å². The van der Waals surface area contributed by atoms with E-state index in [9.17, 15) is 4.39 Å². The van der Waals surface area contributed by atoms with Gasteiger partial charge < -0.3 is 0 Å². The molecular formula is C15H13F. The number of benzene rings is 2. The second-order valence-electron chi connectivity index (χ2n) is 3.74. The zero-order valence-electron chi connectivity index (χ0n) is 9.15. The van der Waals surface area contributed by atoms with E-state index < -0.39 is 0 Å². The van der Waals surface area contributed by atoms with Crippen LogP contribution in [0.4, 0.5) is 4.39 Å². The number of hydrogen-bond donors (Lipinski definition) is 0. The number of allylic oxidation sites excluding steroid dienone is 1. The highest BCUT2D eigenvalue weighted by atomic mass is 19.1. The predicted molar refractivity (Wildman–Crippen MR) is 66.4 cm³/mol. The molecule has 0 N–H and O–H groups in total. The molecule has 0 aliphatic rings. The van der Waals surface area contributed by atoms with Crippen molar-refractivity contribution >= 4 is 11.6 Å². The van der Waals surface area contributed by atoms with Gasteiger partial charge in [-0.2, -0.15) is 0 Å². The highest BCUT2D eigenvalue weighted by Crippen LogP contribution is 2.17. The first kappa shape index (κ1) is 10.6. The van der Waals surface area contributed by atoms with Gasteiger partial charge in [-0.05, 0) is 35.8 Å². The molecule has 0 spiro atoms. The Kier molecular flexibility index (Phi) is 3.16. The Balaban J connectivity index is 2.28. The van der Waals surface area contributed by atoms with E-state index >= 15 is 0 Å². The summed E-state index contributed by atoms with van der Waals surface area (Å²) in [6, 6.07) is 16.7. The van der Waals surface area contributed by atoms with Gasteiger partial charge in [-0.15, -0.1) is 0 Å². The highest BCUT2D eigenvalue weighted by molar-refractivity contribution is 5.79. The Hall–Kier alpha value is -1.89. The maximum atomic E-state index is 12.8. The Labute approximate surface area is 95.1 Å². The fourth-order valence-corrected chi connectivity index (χ4v) is 1.60. The quantitative estimate of drug-likeness (QED) is 0.648. The lowest BCUT2D eigenvalue weighted by atomic mass is 10.0. The van der Waals surface area contributed by atoms with Crippen LogP contribution in [-0.2, 0) is 0 Å². The lowest BCUT2D eigenvalue weighted by molar-refractivity contribution is 0.627. The van der Waals surface area contributed by atoms with Crippen LogP contribution in [0.5, 0.6) is 0 Å². The average Bonchev–Trinajstić information content (AvgIpc) is 2.31. The van der Waals surface area contributed by atoms with E-state index in [1.807, 2.05) is 37.3 Å². The molecule has 0 unspecified atom stereocenters. The molecule has 0 aliphatic carbocycles. The van der Waals surface area contributed by atoms with E-state index in [-0.39, 0.29) is 5.82 Å². The topological polar surface area (TPSA) is 0 Å². The fraction of sp³-hybridized carbons (Fsp3) is 0.0667. The molecule has 0 bridgehead atoms. The number of hydrogen-bond acceptors (Lipinski definition) is 0. The zero-order chi connectivity index (χ0) is 11.4. The van der Waals surface area contributed by atoms with Crippen molar-refractivity contribution in [2.75, 3.05) is 0 Å². The fourth-order valence-electron chi connectivity index (χ4n) is 1.60. The summed E-state index contributed by atoms with van der Waals surface area (Å²) in [5, 5.41) is 0. The average molecular weight is 212 g/mol. The first-order valence-corrected chi connectivity index (χ1v) is 5.25. The Bertz CT molecular complexity index is 481. The van der Waals surface area contributed by atoms with Gasteiger partial charge in [0.25, 0.3) is 0 Å². The van der Waals surface area contributed by atoms with Gasteiger partial charge in [-0.25, -0.2) is 4.39 Å². The third kappa shape index (κ3) is 2.57. The molecule has 0 aliphatic heterocycles. The Morgan fingerprint density at radius 3 is 2.19 bits per heavy atom. The van der Waals surface area contributed by atoms with Crippen LogP contribution in [-0.4, -0.2) is 0 Å². The standard InChI is InChI=1S/C15H13F/c1-12(11-13-5-3-2-4-6-13)14-7-9-15(16)10-8-14/h2-11H,1H3/b12-11-. The summed E-state index contributed by atoms with van der Waals surface area (Å²) in [7, 11) is 0. The van der Waals surface area contributed by atoms with Crippen LogP contribution in [0, 0.1) is 5.82 Å². The SMILES string of the molecule is C/C(=C/c1ccccc1)c1ccc(F)cc1. The molecule has 0 saturated heterocycles. The number of rotatable bonds is 2. The van der Waals surface area contributed by atoms with Gasteiger partial charge in [0.1, 0.15) is 5.82 Å². The van der Waals surface area contributed by atoms with E-state index in [2.05, 4.69) is 6.08 Å². The minimum atomic E-state index is -0.198. The summed E-state index contributed by atoms with van der Waals surface area (Å²) in [5.74, 6) is -0.198. The Morgan fingerprint density at radius 2 is 1.56 bits per heavy atom. The summed E-state index contributed by atoms with van der Waals surface area (Å²) >= 11 is 0. The number of halogens is 1. The monoisotopic (exact) mass is 212 g/mol. The van der Waals surface area contributed by atoms with Crippen molar-refractivity contribution in [1.29, 1.82) is 0 Å². The van der Waals surface area contributed by atoms with Gasteiger partial charge in [-0.1, -0.05) is 48.5 Å². The maximum absolute atomic E-state index is 12.8. The molecule has 0 fully saturated rings. The van der Waals surface area contributed by atoms with E-state index in [4.69, 9.17) is 0 Å². The van der Waals surface area contributed by atoms with Crippen molar-refractivity contribution in [2.45, 2.75) is 6.92 Å². The van der Waals surface area contributed by atoms with Crippen LogP contribution < -0.4 is 0 Å². The van der Waals surface area contributed by atoms with Crippen molar-refractivity contribution in [1.82, 2.24) is 0 Å². The molecular weight excluding hydrogens is 199 g/mol. The summed E-state index contributed by atoms with van der Waals surface area (Å²) < 4.78 is 12.8. The summed E-state index contributed by atoms with van der Waals surface area (Å²) in [6.45, 7) is 2.03. The smallest absolute Gasteiger partial charge is 0.123 e. The summed E-state index contributed by atoms with van der Waals surface area (Å²) in [4.78, 5) is 0. The van der Waals surface area contributed by atoms with Gasteiger partial charge in [0.2, 0.25) is 0 Å². The second-order valence-corrected chi connectivity index (χ2v) is 3.74. The predicted octanol–water partition coefficient (Wildman–Crippen LogP) is 4.39. The molecule has 1 heteroatoms. The normalized spacial score (nSPS) is 11.5. The Morgan fingerprint density at radius 1 is 0.938 bits per heavy atom. The molecule has 0 heterocycles. The third-order valence-corrected chi connectivity index (χ3v) is 2.48. The van der Waals surface area contributed by atoms with Crippen LogP contribution in [0.2, 0.25) is 0 Å². The maximum Gasteiger partial charge on any atom is 0.123 e. The van der Waals surface area contributed by atoms with Crippen molar-refractivity contribution in [3.8, 4) is 0 Å². The molecule has 0 atom stereocenters. The highest BCUT2D eigenvalue weighted by Gasteiger charge is 1.96. The lowest BCUT2D eigenvalue weighted by Crippen LogP contribution is -1.81. The first-order chi connectivity index (χ1) is 7.75. The largest absolute Gasteiger partial charge is 0.207 e. The van der Waals surface area contributed by atoms with Crippen LogP contribution >= 0.6 is 0 Å². The van der Waals surface area contributed by atoms with Gasteiger partial charge >= 0.3 is 0 Å². The van der Waals surface area contributed by atoms with Gasteiger partial charge in [0.15, 0.2) is 0 Å². The van der Waals surface area contributed by atoms with E-state index in [1.54, 1.807) is 12.1 Å². The third-order valence-electron chi connectivity index (χ3n) is 2.48. The molecule has 16 heavy (non-hydrogen) atoms.